The molecule has 5 nitrogen and oxygen atoms in total. The molecule has 0 saturated heterocycles. The third-order valence-electron chi connectivity index (χ3n) is 3.61. The van der Waals surface area contributed by atoms with E-state index in [-0.39, 0.29) is 18.0 Å². The number of nitrogens with one attached hydrogen (secondary N) is 2. The number of hydrogen-bond acceptors (Lipinski definition) is 2. The summed E-state index contributed by atoms with van der Waals surface area (Å²) >= 11 is 0. The molecule has 2 atom stereocenters. The molecule has 2 fully saturated rings. The molecule has 2 aliphatic rings. The van der Waals surface area contributed by atoms with Gasteiger partial charge < -0.3 is 15.7 Å². The molecular weight excluding hydrogens is 220 g/mol. The summed E-state index contributed by atoms with van der Waals surface area (Å²) in [6, 6.07) is -0.128. The van der Waals surface area contributed by atoms with Gasteiger partial charge in [0.25, 0.3) is 0 Å². The average molecular weight is 240 g/mol. The highest BCUT2D eigenvalue weighted by molar-refractivity contribution is 5.74. The first-order chi connectivity index (χ1) is 8.15. The molecule has 2 rings (SSSR count). The van der Waals surface area contributed by atoms with E-state index in [0.717, 1.165) is 25.8 Å². The topological polar surface area (TPSA) is 78.4 Å². The molecule has 3 N–H and O–H groups in total. The second-order valence-electron chi connectivity index (χ2n) is 5.20. The van der Waals surface area contributed by atoms with Crippen molar-refractivity contribution in [2.75, 3.05) is 6.54 Å². The fraction of sp³-hybridized carbons (Fsp3) is 0.833. The number of hydrogen-bond donors (Lipinski definition) is 3. The summed E-state index contributed by atoms with van der Waals surface area (Å²) in [4.78, 5) is 22.4. The molecular formula is C12H20N2O3. The Bertz CT molecular complexity index is 302. The number of carboxylic acid groups (broad SMARTS) is 1. The van der Waals surface area contributed by atoms with Crippen LogP contribution in [0.4, 0.5) is 4.79 Å². The fourth-order valence-electron chi connectivity index (χ4n) is 2.34. The number of rotatable bonds is 4. The second kappa shape index (κ2) is 5.38. The molecule has 0 radical (unpaired) electrons. The smallest absolute Gasteiger partial charge is 0.315 e. The van der Waals surface area contributed by atoms with Crippen LogP contribution in [0.15, 0.2) is 0 Å². The highest BCUT2D eigenvalue weighted by Crippen LogP contribution is 2.27. The first-order valence-electron chi connectivity index (χ1n) is 6.42. The normalized spacial score (nSPS) is 28.5. The summed E-state index contributed by atoms with van der Waals surface area (Å²) in [6.07, 6.45) is 5.49. The highest BCUT2D eigenvalue weighted by atomic mass is 16.4. The van der Waals surface area contributed by atoms with Crippen LogP contribution in [0.3, 0.4) is 0 Å². The van der Waals surface area contributed by atoms with Gasteiger partial charge in [0.15, 0.2) is 0 Å². The van der Waals surface area contributed by atoms with Crippen molar-refractivity contribution in [2.45, 2.75) is 44.6 Å². The van der Waals surface area contributed by atoms with Crippen LogP contribution in [0.2, 0.25) is 0 Å². The van der Waals surface area contributed by atoms with E-state index in [9.17, 15) is 9.59 Å². The summed E-state index contributed by atoms with van der Waals surface area (Å²) < 4.78 is 0. The van der Waals surface area contributed by atoms with Crippen molar-refractivity contribution in [1.29, 1.82) is 0 Å². The van der Waals surface area contributed by atoms with Gasteiger partial charge in [0.2, 0.25) is 0 Å². The summed E-state index contributed by atoms with van der Waals surface area (Å²) in [7, 11) is 0. The number of carbonyl (C=O) groups excluding carboxylic acids is 1. The van der Waals surface area contributed by atoms with Gasteiger partial charge in [-0.05, 0) is 38.0 Å². The van der Waals surface area contributed by atoms with Crippen molar-refractivity contribution < 1.29 is 14.7 Å². The van der Waals surface area contributed by atoms with E-state index in [1.807, 2.05) is 0 Å². The molecule has 96 valence electrons. The number of carbonyl (C=O) groups is 2. The van der Waals surface area contributed by atoms with Crippen LogP contribution in [0.1, 0.15) is 38.5 Å². The molecule has 2 unspecified atom stereocenters. The van der Waals surface area contributed by atoms with Crippen molar-refractivity contribution in [3.8, 4) is 0 Å². The summed E-state index contributed by atoms with van der Waals surface area (Å²) in [5.74, 6) is -0.369. The average Bonchev–Trinajstić information content (AvgIpc) is 3.10. The van der Waals surface area contributed by atoms with Crippen LogP contribution in [-0.4, -0.2) is 29.7 Å². The molecule has 0 aromatic carbocycles. The van der Waals surface area contributed by atoms with Crippen LogP contribution in [0.5, 0.6) is 0 Å². The highest BCUT2D eigenvalue weighted by Gasteiger charge is 2.28. The monoisotopic (exact) mass is 240 g/mol. The summed E-state index contributed by atoms with van der Waals surface area (Å²) in [5, 5.41) is 14.7. The van der Waals surface area contributed by atoms with Crippen molar-refractivity contribution >= 4 is 12.0 Å². The number of carboxylic acids is 1. The minimum Gasteiger partial charge on any atom is -0.481 e. The molecule has 0 bridgehead atoms. The van der Waals surface area contributed by atoms with Gasteiger partial charge in [-0.2, -0.15) is 0 Å². The maximum atomic E-state index is 11.6. The van der Waals surface area contributed by atoms with Crippen molar-refractivity contribution in [3.05, 3.63) is 0 Å². The van der Waals surface area contributed by atoms with E-state index < -0.39 is 5.97 Å². The molecule has 0 spiro atoms. The molecule has 0 aromatic rings. The van der Waals surface area contributed by atoms with E-state index in [0.29, 0.717) is 12.3 Å². The number of urea groups is 1. The Hall–Kier alpha value is -1.26. The Balaban J connectivity index is 1.69. The summed E-state index contributed by atoms with van der Waals surface area (Å²) in [6.45, 7) is 0.751. The van der Waals surface area contributed by atoms with Crippen molar-refractivity contribution in [3.63, 3.8) is 0 Å². The molecule has 0 aliphatic heterocycles. The Kier molecular flexibility index (Phi) is 3.86. The van der Waals surface area contributed by atoms with E-state index in [2.05, 4.69) is 10.6 Å². The minimum absolute atomic E-state index is 0.0176. The fourth-order valence-corrected chi connectivity index (χ4v) is 2.34. The first-order valence-corrected chi connectivity index (χ1v) is 6.42. The van der Waals surface area contributed by atoms with Crippen LogP contribution < -0.4 is 10.6 Å². The minimum atomic E-state index is -0.741. The second-order valence-corrected chi connectivity index (χ2v) is 5.20. The van der Waals surface area contributed by atoms with E-state index >= 15 is 0 Å². The number of amides is 2. The van der Waals surface area contributed by atoms with E-state index in [1.165, 1.54) is 12.8 Å². The lowest BCUT2D eigenvalue weighted by Gasteiger charge is -2.27. The molecule has 2 saturated carbocycles. The predicted molar refractivity (Wildman–Crippen MR) is 62.6 cm³/mol. The first kappa shape index (κ1) is 12.2. The van der Waals surface area contributed by atoms with Gasteiger partial charge in [-0.15, -0.1) is 0 Å². The van der Waals surface area contributed by atoms with Gasteiger partial charge in [0.05, 0.1) is 5.92 Å². The SMILES string of the molecule is O=C(NCC1CC1)NC1CCCC(C(=O)O)C1. The third kappa shape index (κ3) is 3.91. The Morgan fingerprint density at radius 3 is 2.59 bits per heavy atom. The molecule has 2 amide bonds. The van der Waals surface area contributed by atoms with Gasteiger partial charge in [-0.25, -0.2) is 4.79 Å². The van der Waals surface area contributed by atoms with Crippen LogP contribution in [0.25, 0.3) is 0 Å². The van der Waals surface area contributed by atoms with E-state index in [4.69, 9.17) is 5.11 Å². The van der Waals surface area contributed by atoms with Crippen molar-refractivity contribution in [2.24, 2.45) is 11.8 Å². The van der Waals surface area contributed by atoms with Gasteiger partial charge in [-0.3, -0.25) is 4.79 Å². The van der Waals surface area contributed by atoms with E-state index in [1.54, 1.807) is 0 Å². The zero-order chi connectivity index (χ0) is 12.3. The maximum Gasteiger partial charge on any atom is 0.315 e. The summed E-state index contributed by atoms with van der Waals surface area (Å²) in [5.41, 5.74) is 0. The Morgan fingerprint density at radius 1 is 1.18 bits per heavy atom. The van der Waals surface area contributed by atoms with Crippen molar-refractivity contribution in [1.82, 2.24) is 10.6 Å². The maximum absolute atomic E-state index is 11.6. The largest absolute Gasteiger partial charge is 0.481 e. The van der Waals surface area contributed by atoms with Gasteiger partial charge in [0.1, 0.15) is 0 Å². The number of aliphatic carboxylic acids is 1. The molecule has 0 heterocycles. The van der Waals surface area contributed by atoms with Gasteiger partial charge in [0, 0.05) is 12.6 Å². The van der Waals surface area contributed by atoms with Crippen LogP contribution in [-0.2, 0) is 4.79 Å². The molecule has 0 aromatic heterocycles. The van der Waals surface area contributed by atoms with Crippen LogP contribution in [0, 0.1) is 11.8 Å². The third-order valence-corrected chi connectivity index (χ3v) is 3.61. The van der Waals surface area contributed by atoms with Crippen LogP contribution >= 0.6 is 0 Å². The lowest BCUT2D eigenvalue weighted by molar-refractivity contribution is -0.143. The molecule has 17 heavy (non-hydrogen) atoms. The lowest BCUT2D eigenvalue weighted by atomic mass is 9.86. The molecule has 2 aliphatic carbocycles. The zero-order valence-electron chi connectivity index (χ0n) is 9.95. The Labute approximate surface area is 101 Å². The quantitative estimate of drug-likeness (QED) is 0.694. The van der Waals surface area contributed by atoms with Gasteiger partial charge in [-0.1, -0.05) is 6.42 Å². The Morgan fingerprint density at radius 2 is 1.94 bits per heavy atom. The zero-order valence-corrected chi connectivity index (χ0v) is 9.95. The predicted octanol–water partition coefficient (Wildman–Crippen LogP) is 1.34. The molecule has 5 heteroatoms. The lowest BCUT2D eigenvalue weighted by Crippen LogP contribution is -2.45. The van der Waals surface area contributed by atoms with Gasteiger partial charge >= 0.3 is 12.0 Å². The standard InChI is InChI=1S/C12H20N2O3/c15-11(16)9-2-1-3-10(6-9)14-12(17)13-7-8-4-5-8/h8-10H,1-7H2,(H,15,16)(H2,13,14,17).